The van der Waals surface area contributed by atoms with Gasteiger partial charge < -0.3 is 9.64 Å². The fourth-order valence-electron chi connectivity index (χ4n) is 5.35. The van der Waals surface area contributed by atoms with Crippen LogP contribution < -0.4 is 4.90 Å². The number of ether oxygens (including phenoxy) is 1. The van der Waals surface area contributed by atoms with Gasteiger partial charge in [0.1, 0.15) is 6.04 Å². The molecule has 0 N–H and O–H groups in total. The molecule has 3 heterocycles. The number of methoxy groups -OCH3 is 1. The first-order chi connectivity index (χ1) is 15.4. The summed E-state index contributed by atoms with van der Waals surface area (Å²) in [5.74, 6) is -2.08. The Morgan fingerprint density at radius 3 is 2.44 bits per heavy atom. The highest BCUT2D eigenvalue weighted by Crippen LogP contribution is 2.50. The SMILES string of the molecule is COCCN1C(=O)[C@H]2[C@H](C1=O)[C@H](C(=O)c1ccc(Cl)cc1)N1c3ccccc3C(C)=C[C@H]21. The van der Waals surface area contributed by atoms with E-state index in [4.69, 9.17) is 16.3 Å². The first kappa shape index (κ1) is 20.9. The van der Waals surface area contributed by atoms with Gasteiger partial charge in [-0.15, -0.1) is 0 Å². The van der Waals surface area contributed by atoms with Crippen molar-refractivity contribution in [3.63, 3.8) is 0 Å². The number of benzene rings is 2. The highest BCUT2D eigenvalue weighted by Gasteiger charge is 2.64. The third-order valence-electron chi connectivity index (χ3n) is 6.76. The smallest absolute Gasteiger partial charge is 0.235 e. The van der Waals surface area contributed by atoms with Crippen LogP contribution in [0.3, 0.4) is 0 Å². The topological polar surface area (TPSA) is 66.9 Å². The molecule has 2 saturated heterocycles. The minimum atomic E-state index is -0.777. The fraction of sp³-hybridized carbons (Fsp3) is 0.320. The Morgan fingerprint density at radius 1 is 1.03 bits per heavy atom. The first-order valence-corrected chi connectivity index (χ1v) is 11.0. The summed E-state index contributed by atoms with van der Waals surface area (Å²) in [6.07, 6.45) is 2.03. The lowest BCUT2D eigenvalue weighted by molar-refractivity contribution is -0.141. The third-order valence-corrected chi connectivity index (χ3v) is 7.01. The minimum Gasteiger partial charge on any atom is -0.383 e. The monoisotopic (exact) mass is 450 g/mol. The molecule has 0 aromatic heterocycles. The number of nitrogens with zero attached hydrogens (tertiary/aromatic N) is 2. The zero-order chi connectivity index (χ0) is 22.6. The van der Waals surface area contributed by atoms with Crippen LogP contribution in [0.4, 0.5) is 5.69 Å². The summed E-state index contributed by atoms with van der Waals surface area (Å²) in [5.41, 5.74) is 3.39. The van der Waals surface area contributed by atoms with Gasteiger partial charge >= 0.3 is 0 Å². The molecule has 0 radical (unpaired) electrons. The maximum absolute atomic E-state index is 13.8. The van der Waals surface area contributed by atoms with Crippen molar-refractivity contribution in [3.05, 3.63) is 70.8 Å². The molecular formula is C25H23ClN2O4. The lowest BCUT2D eigenvalue weighted by Crippen LogP contribution is -2.49. The zero-order valence-electron chi connectivity index (χ0n) is 17.8. The number of imide groups is 1. The quantitative estimate of drug-likeness (QED) is 0.515. The molecule has 3 aliphatic rings. The van der Waals surface area contributed by atoms with Gasteiger partial charge in [-0.2, -0.15) is 0 Å². The minimum absolute atomic E-state index is 0.184. The van der Waals surface area contributed by atoms with Crippen LogP contribution in [0, 0.1) is 11.8 Å². The number of Topliss-reactive ketones (excluding diaryl/α,β-unsaturated/α-hetero) is 1. The van der Waals surface area contributed by atoms with E-state index in [1.165, 1.54) is 12.0 Å². The number of carbonyl (C=O) groups is 3. The van der Waals surface area contributed by atoms with Gasteiger partial charge in [-0.1, -0.05) is 35.9 Å². The Labute approximate surface area is 191 Å². The van der Waals surface area contributed by atoms with Gasteiger partial charge in [0, 0.05) is 28.9 Å². The third kappa shape index (κ3) is 3.01. The van der Waals surface area contributed by atoms with Crippen molar-refractivity contribution in [2.75, 3.05) is 25.2 Å². The Balaban J connectivity index is 1.64. The second-order valence-electron chi connectivity index (χ2n) is 8.45. The van der Waals surface area contributed by atoms with Crippen LogP contribution in [0.25, 0.3) is 5.57 Å². The van der Waals surface area contributed by atoms with Gasteiger partial charge in [0.25, 0.3) is 0 Å². The van der Waals surface area contributed by atoms with Crippen molar-refractivity contribution in [1.29, 1.82) is 0 Å². The highest BCUT2D eigenvalue weighted by atomic mass is 35.5. The number of carbonyl (C=O) groups excluding carboxylic acids is 3. The summed E-state index contributed by atoms with van der Waals surface area (Å²) in [4.78, 5) is 43.9. The number of allylic oxidation sites excluding steroid dienone is 1. The second-order valence-corrected chi connectivity index (χ2v) is 8.89. The van der Waals surface area contributed by atoms with E-state index in [2.05, 4.69) is 0 Å². The first-order valence-electron chi connectivity index (χ1n) is 10.6. The molecule has 4 atom stereocenters. The zero-order valence-corrected chi connectivity index (χ0v) is 18.6. The van der Waals surface area contributed by atoms with Crippen molar-refractivity contribution < 1.29 is 19.1 Å². The van der Waals surface area contributed by atoms with E-state index in [9.17, 15) is 14.4 Å². The molecule has 0 aliphatic carbocycles. The molecule has 2 aromatic carbocycles. The highest BCUT2D eigenvalue weighted by molar-refractivity contribution is 6.30. The average Bonchev–Trinajstić information content (AvgIpc) is 3.25. The summed E-state index contributed by atoms with van der Waals surface area (Å²) >= 11 is 6.02. The van der Waals surface area contributed by atoms with Crippen LogP contribution in [0.2, 0.25) is 5.02 Å². The molecule has 164 valence electrons. The van der Waals surface area contributed by atoms with Crippen LogP contribution in [-0.4, -0.2) is 54.8 Å². The molecule has 2 fully saturated rings. The number of ketones is 1. The summed E-state index contributed by atoms with van der Waals surface area (Å²) in [5, 5.41) is 0.531. The molecule has 2 amide bonds. The van der Waals surface area contributed by atoms with Crippen molar-refractivity contribution in [2.45, 2.75) is 19.0 Å². The normalized spacial score (nSPS) is 26.0. The van der Waals surface area contributed by atoms with Gasteiger partial charge in [0.05, 0.1) is 31.0 Å². The number of para-hydroxylation sites is 1. The summed E-state index contributed by atoms with van der Waals surface area (Å²) in [6, 6.07) is 13.4. The molecule has 3 aliphatic heterocycles. The number of anilines is 1. The van der Waals surface area contributed by atoms with Crippen molar-refractivity contribution >= 4 is 40.5 Å². The van der Waals surface area contributed by atoms with Gasteiger partial charge in [-0.05, 0) is 42.8 Å². The van der Waals surface area contributed by atoms with Crippen LogP contribution in [0.1, 0.15) is 22.8 Å². The molecule has 6 nitrogen and oxygen atoms in total. The van der Waals surface area contributed by atoms with E-state index < -0.39 is 17.9 Å². The molecular weight excluding hydrogens is 428 g/mol. The van der Waals surface area contributed by atoms with Crippen molar-refractivity contribution in [3.8, 4) is 0 Å². The summed E-state index contributed by atoms with van der Waals surface area (Å²) < 4.78 is 5.10. The largest absolute Gasteiger partial charge is 0.383 e. The van der Waals surface area contributed by atoms with Gasteiger partial charge in [-0.3, -0.25) is 19.3 Å². The number of halogens is 1. The molecule has 32 heavy (non-hydrogen) atoms. The van der Waals surface area contributed by atoms with Crippen molar-refractivity contribution in [1.82, 2.24) is 4.90 Å². The number of amides is 2. The van der Waals surface area contributed by atoms with Gasteiger partial charge in [-0.25, -0.2) is 0 Å². The number of likely N-dealkylation sites (tertiary alicyclic amines) is 1. The second kappa shape index (κ2) is 7.87. The molecule has 0 saturated carbocycles. The van der Waals surface area contributed by atoms with Gasteiger partial charge in [0.15, 0.2) is 5.78 Å². The molecule has 0 spiro atoms. The van der Waals surface area contributed by atoms with E-state index in [0.29, 0.717) is 10.6 Å². The number of hydrogen-bond donors (Lipinski definition) is 0. The lowest BCUT2D eigenvalue weighted by atomic mass is 9.85. The predicted octanol–water partition coefficient (Wildman–Crippen LogP) is 3.44. The molecule has 5 rings (SSSR count). The van der Waals surface area contributed by atoms with Crippen molar-refractivity contribution in [2.24, 2.45) is 11.8 Å². The Morgan fingerprint density at radius 2 is 1.72 bits per heavy atom. The Bertz CT molecular complexity index is 1140. The van der Waals surface area contributed by atoms with E-state index >= 15 is 0 Å². The Kier molecular flexibility index (Phi) is 5.14. The molecule has 7 heteroatoms. The standard InChI is InChI=1S/C25H23ClN2O4/c1-14-13-19-20-21(25(31)27(24(20)30)11-12-32-2)22(23(29)15-7-9-16(26)10-8-15)28(19)18-6-4-3-5-17(14)18/h3-10,13,19-22H,11-12H2,1-2H3/t19-,20-,21+,22-/m1/s1. The molecule has 2 aromatic rings. The summed E-state index contributed by atoms with van der Waals surface area (Å²) in [6.45, 7) is 2.46. The Hall–Kier alpha value is -2.96. The van der Waals surface area contributed by atoms with E-state index in [-0.39, 0.29) is 36.8 Å². The van der Waals surface area contributed by atoms with E-state index in [0.717, 1.165) is 16.8 Å². The molecule has 0 unspecified atom stereocenters. The van der Waals surface area contributed by atoms with Crippen LogP contribution >= 0.6 is 11.6 Å². The van der Waals surface area contributed by atoms with Gasteiger partial charge in [0.2, 0.25) is 11.8 Å². The lowest BCUT2D eigenvalue weighted by Gasteiger charge is -2.38. The number of fused-ring (bicyclic) bond motifs is 5. The summed E-state index contributed by atoms with van der Waals surface area (Å²) in [7, 11) is 1.53. The van der Waals surface area contributed by atoms with E-state index in [1.54, 1.807) is 24.3 Å². The maximum Gasteiger partial charge on any atom is 0.235 e. The maximum atomic E-state index is 13.8. The fourth-order valence-corrected chi connectivity index (χ4v) is 5.47. The predicted molar refractivity (Wildman–Crippen MR) is 122 cm³/mol. The number of rotatable bonds is 5. The van der Waals surface area contributed by atoms with Crippen LogP contribution in [0.5, 0.6) is 0 Å². The average molecular weight is 451 g/mol. The molecule has 0 bridgehead atoms. The van der Waals surface area contributed by atoms with Crippen LogP contribution in [-0.2, 0) is 14.3 Å². The van der Waals surface area contributed by atoms with E-state index in [1.807, 2.05) is 42.2 Å². The van der Waals surface area contributed by atoms with Crippen LogP contribution in [0.15, 0.2) is 54.6 Å². The number of hydrogen-bond acceptors (Lipinski definition) is 5.